The summed E-state index contributed by atoms with van der Waals surface area (Å²) in [7, 11) is 1.66. The van der Waals surface area contributed by atoms with Crippen molar-refractivity contribution in [3.05, 3.63) is 70.4 Å². The van der Waals surface area contributed by atoms with Crippen molar-refractivity contribution >= 4 is 39.1 Å². The van der Waals surface area contributed by atoms with Crippen LogP contribution >= 0.6 is 23.1 Å². The quantitative estimate of drug-likeness (QED) is 0.203. The summed E-state index contributed by atoms with van der Waals surface area (Å²) >= 11 is 3.08. The Morgan fingerprint density at radius 2 is 1.80 bits per heavy atom. The Labute approximate surface area is 184 Å². The summed E-state index contributed by atoms with van der Waals surface area (Å²) in [4.78, 5) is 23.0. The molecule has 4 nitrogen and oxygen atoms in total. The van der Waals surface area contributed by atoms with Crippen LogP contribution in [0.15, 0.2) is 52.9 Å². The van der Waals surface area contributed by atoms with Crippen molar-refractivity contribution in [2.75, 3.05) is 12.9 Å². The maximum absolute atomic E-state index is 12.8. The van der Waals surface area contributed by atoms with Crippen molar-refractivity contribution in [2.24, 2.45) is 0 Å². The second kappa shape index (κ2) is 8.58. The highest BCUT2D eigenvalue weighted by molar-refractivity contribution is 8.00. The number of fused-ring (bicyclic) bond motifs is 1. The number of aryl methyl sites for hydroxylation is 3. The summed E-state index contributed by atoms with van der Waals surface area (Å²) in [5.74, 6) is 1.98. The number of ketones is 1. The molecule has 0 spiro atoms. The van der Waals surface area contributed by atoms with Gasteiger partial charge in [-0.2, -0.15) is 0 Å². The van der Waals surface area contributed by atoms with E-state index in [0.717, 1.165) is 43.2 Å². The van der Waals surface area contributed by atoms with E-state index in [1.807, 2.05) is 56.3 Å². The minimum absolute atomic E-state index is 0.105. The molecule has 0 aliphatic heterocycles. The maximum atomic E-state index is 12.8. The number of hydrogen-bond donors (Lipinski definition) is 0. The highest BCUT2D eigenvalue weighted by Gasteiger charge is 2.17. The second-order valence-electron chi connectivity index (χ2n) is 7.14. The highest BCUT2D eigenvalue weighted by Crippen LogP contribution is 2.39. The summed E-state index contributed by atoms with van der Waals surface area (Å²) in [6.45, 7) is 5.97. The molecule has 4 aromatic rings. The van der Waals surface area contributed by atoms with E-state index in [0.29, 0.717) is 11.6 Å². The van der Waals surface area contributed by atoms with Gasteiger partial charge in [-0.1, -0.05) is 36.0 Å². The third-order valence-electron chi connectivity index (χ3n) is 5.08. The van der Waals surface area contributed by atoms with Crippen LogP contribution in [0.25, 0.3) is 21.3 Å². The van der Waals surface area contributed by atoms with Gasteiger partial charge >= 0.3 is 0 Å². The van der Waals surface area contributed by atoms with Crippen LogP contribution in [0.5, 0.6) is 5.75 Å². The lowest BCUT2D eigenvalue weighted by molar-refractivity contribution is 0.102. The number of rotatable bonds is 6. The standard InChI is InChI=1S/C24H22N2O2S2/c1-14-5-6-18(11-15(14)2)21(27)13-30-24-22-20(12-29-23(22)25-16(3)26-24)17-7-9-19(28-4)10-8-17/h5-12H,13H2,1-4H3. The Morgan fingerprint density at radius 3 is 2.50 bits per heavy atom. The van der Waals surface area contributed by atoms with Crippen LogP contribution in [0.4, 0.5) is 0 Å². The van der Waals surface area contributed by atoms with E-state index >= 15 is 0 Å². The summed E-state index contributed by atoms with van der Waals surface area (Å²) < 4.78 is 5.27. The van der Waals surface area contributed by atoms with Crippen molar-refractivity contribution in [1.82, 2.24) is 9.97 Å². The van der Waals surface area contributed by atoms with Crippen LogP contribution in [0.2, 0.25) is 0 Å². The number of Topliss-reactive ketones (excluding diaryl/α,β-unsaturated/α-hetero) is 1. The molecule has 2 aromatic carbocycles. The molecule has 0 fully saturated rings. The molecule has 6 heteroatoms. The molecule has 0 amide bonds. The molecule has 0 saturated heterocycles. The molecule has 0 saturated carbocycles. The number of carbonyl (C=O) groups is 1. The number of thioether (sulfide) groups is 1. The van der Waals surface area contributed by atoms with Crippen LogP contribution in [0, 0.1) is 20.8 Å². The minimum atomic E-state index is 0.105. The van der Waals surface area contributed by atoms with Crippen LogP contribution in [0.1, 0.15) is 27.3 Å². The maximum Gasteiger partial charge on any atom is 0.173 e. The van der Waals surface area contributed by atoms with Gasteiger partial charge in [-0.25, -0.2) is 9.97 Å². The van der Waals surface area contributed by atoms with Gasteiger partial charge in [0.2, 0.25) is 0 Å². The summed E-state index contributed by atoms with van der Waals surface area (Å²) in [6, 6.07) is 13.8. The van der Waals surface area contributed by atoms with E-state index < -0.39 is 0 Å². The molecule has 0 bridgehead atoms. The number of hydrogen-bond acceptors (Lipinski definition) is 6. The van der Waals surface area contributed by atoms with E-state index in [4.69, 9.17) is 4.74 Å². The summed E-state index contributed by atoms with van der Waals surface area (Å²) in [5.41, 5.74) is 5.23. The average Bonchev–Trinajstić information content (AvgIpc) is 3.17. The lowest BCUT2D eigenvalue weighted by Crippen LogP contribution is -2.04. The molecule has 2 aromatic heterocycles. The van der Waals surface area contributed by atoms with Gasteiger partial charge in [0, 0.05) is 16.5 Å². The van der Waals surface area contributed by atoms with Gasteiger partial charge < -0.3 is 4.74 Å². The van der Waals surface area contributed by atoms with Crippen LogP contribution in [-0.4, -0.2) is 28.6 Å². The SMILES string of the molecule is COc1ccc(-c2csc3nc(C)nc(SCC(=O)c4ccc(C)c(C)c4)c23)cc1. The first kappa shape index (κ1) is 20.6. The molecule has 0 aliphatic carbocycles. The van der Waals surface area contributed by atoms with Crippen molar-refractivity contribution < 1.29 is 9.53 Å². The topological polar surface area (TPSA) is 52.1 Å². The fraction of sp³-hybridized carbons (Fsp3) is 0.208. The molecule has 0 radical (unpaired) electrons. The van der Waals surface area contributed by atoms with Crippen molar-refractivity contribution in [2.45, 2.75) is 25.8 Å². The largest absolute Gasteiger partial charge is 0.497 e. The van der Waals surface area contributed by atoms with Gasteiger partial charge in [-0.05, 0) is 55.7 Å². The Morgan fingerprint density at radius 1 is 1.03 bits per heavy atom. The first-order valence-electron chi connectivity index (χ1n) is 9.60. The van der Waals surface area contributed by atoms with Gasteiger partial charge in [0.15, 0.2) is 5.78 Å². The molecule has 152 valence electrons. The van der Waals surface area contributed by atoms with Gasteiger partial charge in [0.05, 0.1) is 18.2 Å². The molecule has 30 heavy (non-hydrogen) atoms. The van der Waals surface area contributed by atoms with Crippen molar-refractivity contribution in [1.29, 1.82) is 0 Å². The van der Waals surface area contributed by atoms with E-state index in [1.54, 1.807) is 18.4 Å². The van der Waals surface area contributed by atoms with E-state index in [1.165, 1.54) is 17.3 Å². The number of ether oxygens (including phenoxy) is 1. The molecule has 0 aliphatic rings. The summed E-state index contributed by atoms with van der Waals surface area (Å²) in [6.07, 6.45) is 0. The predicted molar refractivity (Wildman–Crippen MR) is 125 cm³/mol. The van der Waals surface area contributed by atoms with E-state index in [9.17, 15) is 4.79 Å². The van der Waals surface area contributed by atoms with Gasteiger partial charge in [0.25, 0.3) is 0 Å². The number of benzene rings is 2. The van der Waals surface area contributed by atoms with E-state index in [2.05, 4.69) is 22.3 Å². The van der Waals surface area contributed by atoms with Gasteiger partial charge in [0.1, 0.15) is 21.4 Å². The Kier molecular flexibility index (Phi) is 5.88. The molecule has 0 atom stereocenters. The molecule has 0 N–H and O–H groups in total. The second-order valence-corrected chi connectivity index (χ2v) is 8.97. The Balaban J connectivity index is 1.66. The zero-order chi connectivity index (χ0) is 21.3. The summed E-state index contributed by atoms with van der Waals surface area (Å²) in [5, 5.41) is 3.96. The molecule has 4 rings (SSSR count). The third kappa shape index (κ3) is 4.11. The minimum Gasteiger partial charge on any atom is -0.497 e. The fourth-order valence-corrected chi connectivity index (χ4v) is 5.27. The Hall–Kier alpha value is -2.70. The predicted octanol–water partition coefficient (Wildman–Crippen LogP) is 6.27. The van der Waals surface area contributed by atoms with Gasteiger partial charge in [-0.3, -0.25) is 4.79 Å². The number of nitrogens with zero attached hydrogens (tertiary/aromatic N) is 2. The lowest BCUT2D eigenvalue weighted by atomic mass is 10.0. The first-order valence-corrected chi connectivity index (χ1v) is 11.5. The van der Waals surface area contributed by atoms with Crippen LogP contribution in [-0.2, 0) is 0 Å². The monoisotopic (exact) mass is 434 g/mol. The number of methoxy groups -OCH3 is 1. The highest BCUT2D eigenvalue weighted by atomic mass is 32.2. The normalized spacial score (nSPS) is 11.1. The van der Waals surface area contributed by atoms with Crippen molar-refractivity contribution in [3.63, 3.8) is 0 Å². The third-order valence-corrected chi connectivity index (χ3v) is 6.93. The van der Waals surface area contributed by atoms with Gasteiger partial charge in [-0.15, -0.1) is 11.3 Å². The number of thiophene rings is 1. The zero-order valence-corrected chi connectivity index (χ0v) is 19.0. The van der Waals surface area contributed by atoms with Crippen LogP contribution in [0.3, 0.4) is 0 Å². The lowest BCUT2D eigenvalue weighted by Gasteiger charge is -2.08. The fourth-order valence-electron chi connectivity index (χ4n) is 3.23. The van der Waals surface area contributed by atoms with Crippen LogP contribution < -0.4 is 4.74 Å². The molecular weight excluding hydrogens is 412 g/mol. The van der Waals surface area contributed by atoms with E-state index in [-0.39, 0.29) is 5.78 Å². The van der Waals surface area contributed by atoms with Crippen molar-refractivity contribution in [3.8, 4) is 16.9 Å². The zero-order valence-electron chi connectivity index (χ0n) is 17.4. The average molecular weight is 435 g/mol. The molecule has 2 heterocycles. The number of carbonyl (C=O) groups excluding carboxylic acids is 1. The number of aromatic nitrogens is 2. The molecule has 0 unspecified atom stereocenters. The smallest absolute Gasteiger partial charge is 0.173 e. The Bertz CT molecular complexity index is 1230. The molecular formula is C24H22N2O2S2. The first-order chi connectivity index (χ1) is 14.5.